The van der Waals surface area contributed by atoms with Crippen molar-refractivity contribution >= 4 is 13.3 Å². The van der Waals surface area contributed by atoms with E-state index in [1.807, 2.05) is 6.07 Å². The first kappa shape index (κ1) is 18.1. The Hall–Kier alpha value is -0.970. The molecule has 120 valence electrons. The van der Waals surface area contributed by atoms with Crippen LogP contribution in [0.2, 0.25) is 0 Å². The molecule has 21 heavy (non-hydrogen) atoms. The minimum Gasteiger partial charge on any atom is -0.382 e. The normalized spacial score (nSPS) is 21.9. The molecule has 0 aromatic rings. The van der Waals surface area contributed by atoms with Crippen LogP contribution in [0.15, 0.2) is 0 Å². The molecule has 2 unspecified atom stereocenters. The third-order valence-corrected chi connectivity index (χ3v) is 5.00. The summed E-state index contributed by atoms with van der Waals surface area (Å²) in [6.45, 7) is 0.460. The lowest BCUT2D eigenvalue weighted by atomic mass is 9.74. The average Bonchev–Trinajstić information content (AvgIpc) is 2.45. The number of rotatable bonds is 6. The van der Waals surface area contributed by atoms with E-state index >= 15 is 0 Å². The van der Waals surface area contributed by atoms with Crippen molar-refractivity contribution in [3.05, 3.63) is 0 Å². The van der Waals surface area contributed by atoms with Crippen molar-refractivity contribution in [2.24, 2.45) is 5.41 Å². The van der Waals surface area contributed by atoms with Gasteiger partial charge < -0.3 is 10.00 Å². The number of hydrogen-bond donors (Lipinski definition) is 4. The molecule has 0 spiro atoms. The van der Waals surface area contributed by atoms with E-state index in [4.69, 9.17) is 4.89 Å². The Labute approximate surface area is 123 Å². The maximum absolute atomic E-state index is 12.2. The van der Waals surface area contributed by atoms with Gasteiger partial charge in [0.15, 0.2) is 0 Å². The number of nitriles is 1. The molecule has 0 aromatic carbocycles. The topological polar surface area (TPSA) is 134 Å². The van der Waals surface area contributed by atoms with E-state index in [1.54, 1.807) is 0 Å². The summed E-state index contributed by atoms with van der Waals surface area (Å²) < 4.78 is 11.1. The van der Waals surface area contributed by atoms with Gasteiger partial charge in [-0.05, 0) is 12.8 Å². The molecule has 1 fully saturated rings. The highest BCUT2D eigenvalue weighted by Crippen LogP contribution is 2.39. The molecule has 8 nitrogen and oxygen atoms in total. The lowest BCUT2D eigenvalue weighted by Gasteiger charge is -2.32. The van der Waals surface area contributed by atoms with Crippen LogP contribution < -0.4 is 5.32 Å². The summed E-state index contributed by atoms with van der Waals surface area (Å²) in [7, 11) is -3.63. The average molecular weight is 319 g/mol. The molecule has 9 heteroatoms. The number of carbonyl (C=O) groups excluding carboxylic acids is 1. The highest BCUT2D eigenvalue weighted by Gasteiger charge is 2.42. The molecule has 1 aliphatic rings. The van der Waals surface area contributed by atoms with E-state index in [9.17, 15) is 24.9 Å². The number of nitrogens with one attached hydrogen (secondary N) is 1. The molecule has 0 bridgehead atoms. The van der Waals surface area contributed by atoms with Gasteiger partial charge in [-0.1, -0.05) is 19.3 Å². The second kappa shape index (κ2) is 7.34. The summed E-state index contributed by atoms with van der Waals surface area (Å²) in [5, 5.41) is 31.3. The zero-order chi connectivity index (χ0) is 16.1. The molecule has 1 saturated carbocycles. The van der Waals surface area contributed by atoms with Crippen molar-refractivity contribution in [1.82, 2.24) is 10.4 Å². The van der Waals surface area contributed by atoms with Gasteiger partial charge in [0.2, 0.25) is 7.37 Å². The van der Waals surface area contributed by atoms with E-state index in [1.165, 1.54) is 0 Å². The molecule has 1 aliphatic carbocycles. The van der Waals surface area contributed by atoms with Gasteiger partial charge in [0, 0.05) is 13.2 Å². The van der Waals surface area contributed by atoms with Gasteiger partial charge >= 0.3 is 0 Å². The van der Waals surface area contributed by atoms with Gasteiger partial charge in [-0.15, -0.1) is 0 Å². The zero-order valence-electron chi connectivity index (χ0n) is 12.0. The minimum atomic E-state index is -3.63. The SMILES string of the molecule is CP(=O)(O)C(O)CNCN(O)C(=O)C1(C#N)CCCCC1. The third-order valence-electron chi connectivity index (χ3n) is 3.71. The number of amides is 1. The van der Waals surface area contributed by atoms with E-state index in [0.29, 0.717) is 17.9 Å². The highest BCUT2D eigenvalue weighted by atomic mass is 31.2. The van der Waals surface area contributed by atoms with Gasteiger partial charge in [0.05, 0.1) is 12.7 Å². The molecule has 0 aromatic heterocycles. The Bertz CT molecular complexity index is 452. The van der Waals surface area contributed by atoms with E-state index < -0.39 is 24.5 Å². The summed E-state index contributed by atoms with van der Waals surface area (Å²) in [5.41, 5.74) is -1.19. The molecule has 2 atom stereocenters. The summed E-state index contributed by atoms with van der Waals surface area (Å²) in [5.74, 6) is -2.14. The number of carbonyl (C=O) groups is 1. The molecule has 0 heterocycles. The summed E-state index contributed by atoms with van der Waals surface area (Å²) in [4.78, 5) is 21.3. The van der Waals surface area contributed by atoms with Crippen LogP contribution in [0, 0.1) is 16.7 Å². The van der Waals surface area contributed by atoms with Gasteiger partial charge in [0.25, 0.3) is 5.91 Å². The maximum atomic E-state index is 12.2. The smallest absolute Gasteiger partial charge is 0.267 e. The molecule has 1 amide bonds. The number of hydroxylamine groups is 2. The van der Waals surface area contributed by atoms with E-state index in [-0.39, 0.29) is 13.2 Å². The molecule has 0 radical (unpaired) electrons. The Morgan fingerprint density at radius 2 is 2.05 bits per heavy atom. The Balaban J connectivity index is 2.51. The van der Waals surface area contributed by atoms with Gasteiger partial charge in [0.1, 0.15) is 11.3 Å². The minimum absolute atomic E-state index is 0.242. The maximum Gasteiger partial charge on any atom is 0.267 e. The molecule has 0 aliphatic heterocycles. The van der Waals surface area contributed by atoms with Gasteiger partial charge in [-0.2, -0.15) is 5.26 Å². The zero-order valence-corrected chi connectivity index (χ0v) is 12.9. The first-order chi connectivity index (χ1) is 9.73. The van der Waals surface area contributed by atoms with Crippen molar-refractivity contribution in [3.8, 4) is 6.07 Å². The van der Waals surface area contributed by atoms with Crippen LogP contribution in [0.1, 0.15) is 32.1 Å². The fraction of sp³-hybridized carbons (Fsp3) is 0.833. The Morgan fingerprint density at radius 3 is 2.52 bits per heavy atom. The van der Waals surface area contributed by atoms with E-state index in [0.717, 1.165) is 25.9 Å². The molecule has 1 rings (SSSR count). The quantitative estimate of drug-likeness (QED) is 0.241. The second-order valence-electron chi connectivity index (χ2n) is 5.50. The van der Waals surface area contributed by atoms with Crippen molar-refractivity contribution in [2.45, 2.75) is 37.9 Å². The standard InChI is InChI=1S/C12H22N3O5P/c1-21(19,20)10(16)7-14-9-15(18)11(17)12(8-13)5-3-2-4-6-12/h10,14,16,18H,2-7,9H2,1H3,(H,19,20). The predicted molar refractivity (Wildman–Crippen MR) is 74.4 cm³/mol. The lowest BCUT2D eigenvalue weighted by Crippen LogP contribution is -2.47. The van der Waals surface area contributed by atoms with Crippen molar-refractivity contribution in [3.63, 3.8) is 0 Å². The predicted octanol–water partition coefficient (Wildman–Crippen LogP) is 0.444. The lowest BCUT2D eigenvalue weighted by molar-refractivity contribution is -0.177. The van der Waals surface area contributed by atoms with Crippen molar-refractivity contribution < 1.29 is 24.6 Å². The Kier molecular flexibility index (Phi) is 6.32. The number of nitrogens with zero attached hydrogens (tertiary/aromatic N) is 2. The van der Waals surface area contributed by atoms with Gasteiger partial charge in [-0.3, -0.25) is 19.9 Å². The number of aliphatic hydroxyl groups is 1. The van der Waals surface area contributed by atoms with Gasteiger partial charge in [-0.25, -0.2) is 5.06 Å². The van der Waals surface area contributed by atoms with Crippen LogP contribution in [0.5, 0.6) is 0 Å². The van der Waals surface area contributed by atoms with Crippen molar-refractivity contribution in [2.75, 3.05) is 19.9 Å². The molecule has 4 N–H and O–H groups in total. The summed E-state index contributed by atoms with van der Waals surface area (Å²) in [6.07, 6.45) is 3.34. The van der Waals surface area contributed by atoms with Crippen LogP contribution in [-0.4, -0.2) is 51.9 Å². The largest absolute Gasteiger partial charge is 0.382 e. The first-order valence-electron chi connectivity index (χ1n) is 6.84. The van der Waals surface area contributed by atoms with Crippen LogP contribution in [0.25, 0.3) is 0 Å². The van der Waals surface area contributed by atoms with Crippen LogP contribution in [-0.2, 0) is 9.36 Å². The van der Waals surface area contributed by atoms with E-state index in [2.05, 4.69) is 5.32 Å². The molecular weight excluding hydrogens is 297 g/mol. The Morgan fingerprint density at radius 1 is 1.48 bits per heavy atom. The summed E-state index contributed by atoms with van der Waals surface area (Å²) >= 11 is 0. The van der Waals surface area contributed by atoms with Crippen LogP contribution in [0.4, 0.5) is 0 Å². The van der Waals surface area contributed by atoms with Crippen LogP contribution in [0.3, 0.4) is 0 Å². The molecular formula is C12H22N3O5P. The summed E-state index contributed by atoms with van der Waals surface area (Å²) in [6, 6.07) is 2.01. The van der Waals surface area contributed by atoms with Crippen LogP contribution >= 0.6 is 7.37 Å². The van der Waals surface area contributed by atoms with Crippen molar-refractivity contribution in [1.29, 1.82) is 5.26 Å². The molecule has 0 saturated heterocycles. The second-order valence-corrected chi connectivity index (χ2v) is 7.98. The monoisotopic (exact) mass is 319 g/mol. The highest BCUT2D eigenvalue weighted by molar-refractivity contribution is 7.57. The fourth-order valence-electron chi connectivity index (χ4n) is 2.32. The first-order valence-corrected chi connectivity index (χ1v) is 9.01. The number of aliphatic hydroxyl groups excluding tert-OH is 1. The third kappa shape index (κ3) is 4.77. The fourth-order valence-corrected chi connectivity index (χ4v) is 2.78. The number of hydrogen-bond acceptors (Lipinski definition) is 6.